The van der Waals surface area contributed by atoms with Crippen LogP contribution in [0.1, 0.15) is 13.3 Å². The second-order valence-electron chi connectivity index (χ2n) is 4.03. The van der Waals surface area contributed by atoms with Gasteiger partial charge in [0.1, 0.15) is 17.3 Å². The Morgan fingerprint density at radius 3 is 2.47 bits per heavy atom. The molecule has 2 aromatic rings. The van der Waals surface area contributed by atoms with E-state index < -0.39 is 0 Å². The molecule has 4 heteroatoms. The van der Waals surface area contributed by atoms with E-state index in [1.165, 1.54) is 0 Å². The van der Waals surface area contributed by atoms with E-state index in [4.69, 9.17) is 9.47 Å². The lowest BCUT2D eigenvalue weighted by Crippen LogP contribution is -1.95. The smallest absolute Gasteiger partial charge is 0.221 e. The van der Waals surface area contributed by atoms with E-state index >= 15 is 0 Å². The number of hydrogen-bond donors (Lipinski definition) is 1. The number of pyridine rings is 1. The van der Waals surface area contributed by atoms with Gasteiger partial charge < -0.3 is 14.8 Å². The standard InChI is InChI=1S/C15H18N2O2/c1-3-11-18-12-7-9-13(10-8-12)19-15-6-4-5-14(16-2)17-15/h4-10H,3,11H2,1-2H3,(H,16,17). The zero-order valence-corrected chi connectivity index (χ0v) is 11.2. The summed E-state index contributed by atoms with van der Waals surface area (Å²) in [5.41, 5.74) is 0. The van der Waals surface area contributed by atoms with Gasteiger partial charge in [0.05, 0.1) is 6.61 Å². The van der Waals surface area contributed by atoms with Crippen LogP contribution in [-0.2, 0) is 0 Å². The molecule has 0 aliphatic heterocycles. The molecule has 1 N–H and O–H groups in total. The third-order valence-corrected chi connectivity index (χ3v) is 2.50. The zero-order valence-electron chi connectivity index (χ0n) is 11.2. The highest BCUT2D eigenvalue weighted by molar-refractivity contribution is 5.38. The van der Waals surface area contributed by atoms with Crippen LogP contribution in [0.15, 0.2) is 42.5 Å². The Labute approximate surface area is 113 Å². The van der Waals surface area contributed by atoms with Crippen molar-refractivity contribution in [1.29, 1.82) is 0 Å². The average molecular weight is 258 g/mol. The maximum absolute atomic E-state index is 5.67. The Morgan fingerprint density at radius 1 is 1.05 bits per heavy atom. The molecule has 1 aromatic heterocycles. The van der Waals surface area contributed by atoms with Crippen molar-refractivity contribution >= 4 is 5.82 Å². The van der Waals surface area contributed by atoms with E-state index in [1.807, 2.05) is 49.5 Å². The molecule has 2 rings (SSSR count). The summed E-state index contributed by atoms with van der Waals surface area (Å²) < 4.78 is 11.2. The monoisotopic (exact) mass is 258 g/mol. The Morgan fingerprint density at radius 2 is 1.79 bits per heavy atom. The van der Waals surface area contributed by atoms with Crippen LogP contribution in [0.3, 0.4) is 0 Å². The Balaban J connectivity index is 2.02. The molecular weight excluding hydrogens is 240 g/mol. The lowest BCUT2D eigenvalue weighted by Gasteiger charge is -2.08. The number of nitrogens with zero attached hydrogens (tertiary/aromatic N) is 1. The first-order valence-electron chi connectivity index (χ1n) is 6.37. The molecule has 0 radical (unpaired) electrons. The minimum atomic E-state index is 0.564. The molecule has 19 heavy (non-hydrogen) atoms. The Kier molecular flexibility index (Phi) is 4.61. The fourth-order valence-corrected chi connectivity index (χ4v) is 1.56. The van der Waals surface area contributed by atoms with Crippen LogP contribution in [0.25, 0.3) is 0 Å². The van der Waals surface area contributed by atoms with Gasteiger partial charge in [0, 0.05) is 13.1 Å². The summed E-state index contributed by atoms with van der Waals surface area (Å²) in [6.45, 7) is 2.81. The molecule has 0 saturated heterocycles. The second kappa shape index (κ2) is 6.64. The number of benzene rings is 1. The van der Waals surface area contributed by atoms with Crippen LogP contribution in [0.5, 0.6) is 17.4 Å². The van der Waals surface area contributed by atoms with E-state index in [2.05, 4.69) is 17.2 Å². The van der Waals surface area contributed by atoms with Crippen molar-refractivity contribution in [3.05, 3.63) is 42.5 Å². The summed E-state index contributed by atoms with van der Waals surface area (Å²) >= 11 is 0. The van der Waals surface area contributed by atoms with Crippen LogP contribution in [-0.4, -0.2) is 18.6 Å². The molecule has 0 spiro atoms. The van der Waals surface area contributed by atoms with Crippen LogP contribution < -0.4 is 14.8 Å². The number of ether oxygens (including phenoxy) is 2. The quantitative estimate of drug-likeness (QED) is 0.857. The predicted molar refractivity (Wildman–Crippen MR) is 76.1 cm³/mol. The van der Waals surface area contributed by atoms with Crippen LogP contribution >= 0.6 is 0 Å². The van der Waals surface area contributed by atoms with Crippen molar-refractivity contribution in [2.75, 3.05) is 19.0 Å². The summed E-state index contributed by atoms with van der Waals surface area (Å²) in [7, 11) is 1.83. The minimum absolute atomic E-state index is 0.564. The number of hydrogen-bond acceptors (Lipinski definition) is 4. The molecule has 0 fully saturated rings. The molecule has 0 aliphatic rings. The van der Waals surface area contributed by atoms with Crippen molar-refractivity contribution < 1.29 is 9.47 Å². The van der Waals surface area contributed by atoms with Gasteiger partial charge >= 0.3 is 0 Å². The molecule has 0 atom stereocenters. The number of aromatic nitrogens is 1. The molecule has 0 bridgehead atoms. The highest BCUT2D eigenvalue weighted by Crippen LogP contribution is 2.23. The molecule has 0 amide bonds. The van der Waals surface area contributed by atoms with Crippen LogP contribution in [0, 0.1) is 0 Å². The molecule has 0 unspecified atom stereocenters. The van der Waals surface area contributed by atoms with Gasteiger partial charge in [-0.15, -0.1) is 0 Å². The summed E-state index contributed by atoms with van der Waals surface area (Å²) in [5, 5.41) is 2.97. The summed E-state index contributed by atoms with van der Waals surface area (Å²) in [6, 6.07) is 13.1. The van der Waals surface area contributed by atoms with Gasteiger partial charge in [0.2, 0.25) is 5.88 Å². The molecule has 4 nitrogen and oxygen atoms in total. The molecule has 100 valence electrons. The van der Waals surface area contributed by atoms with Crippen molar-refractivity contribution in [1.82, 2.24) is 4.98 Å². The van der Waals surface area contributed by atoms with Crippen molar-refractivity contribution in [3.8, 4) is 17.4 Å². The first-order chi connectivity index (χ1) is 9.31. The zero-order chi connectivity index (χ0) is 13.5. The normalized spacial score (nSPS) is 10.0. The van der Waals surface area contributed by atoms with Crippen molar-refractivity contribution in [2.24, 2.45) is 0 Å². The summed E-state index contributed by atoms with van der Waals surface area (Å²) in [5.74, 6) is 2.94. The first kappa shape index (κ1) is 13.2. The van der Waals surface area contributed by atoms with E-state index in [1.54, 1.807) is 0 Å². The van der Waals surface area contributed by atoms with Gasteiger partial charge in [-0.2, -0.15) is 4.98 Å². The van der Waals surface area contributed by atoms with Crippen LogP contribution in [0.4, 0.5) is 5.82 Å². The van der Waals surface area contributed by atoms with Crippen molar-refractivity contribution in [3.63, 3.8) is 0 Å². The van der Waals surface area contributed by atoms with Gasteiger partial charge in [0.15, 0.2) is 0 Å². The largest absolute Gasteiger partial charge is 0.494 e. The third kappa shape index (κ3) is 3.88. The molecule has 0 aliphatic carbocycles. The second-order valence-corrected chi connectivity index (χ2v) is 4.03. The molecule has 1 aromatic carbocycles. The van der Waals surface area contributed by atoms with E-state index in [9.17, 15) is 0 Å². The van der Waals surface area contributed by atoms with Gasteiger partial charge in [-0.3, -0.25) is 0 Å². The lowest BCUT2D eigenvalue weighted by molar-refractivity contribution is 0.317. The fourth-order valence-electron chi connectivity index (χ4n) is 1.56. The molecule has 0 saturated carbocycles. The van der Waals surface area contributed by atoms with Gasteiger partial charge in [-0.25, -0.2) is 0 Å². The van der Waals surface area contributed by atoms with E-state index in [0.717, 1.165) is 30.3 Å². The maximum Gasteiger partial charge on any atom is 0.221 e. The van der Waals surface area contributed by atoms with E-state index in [-0.39, 0.29) is 0 Å². The minimum Gasteiger partial charge on any atom is -0.494 e. The van der Waals surface area contributed by atoms with Gasteiger partial charge in [0.25, 0.3) is 0 Å². The molecular formula is C15H18N2O2. The Hall–Kier alpha value is -2.23. The van der Waals surface area contributed by atoms with Crippen LogP contribution in [0.2, 0.25) is 0 Å². The highest BCUT2D eigenvalue weighted by Gasteiger charge is 2.00. The lowest BCUT2D eigenvalue weighted by atomic mass is 10.3. The van der Waals surface area contributed by atoms with Crippen molar-refractivity contribution in [2.45, 2.75) is 13.3 Å². The highest BCUT2D eigenvalue weighted by atomic mass is 16.5. The SMILES string of the molecule is CCCOc1ccc(Oc2cccc(NC)n2)cc1. The van der Waals surface area contributed by atoms with Gasteiger partial charge in [-0.1, -0.05) is 13.0 Å². The molecule has 1 heterocycles. The predicted octanol–water partition coefficient (Wildman–Crippen LogP) is 3.70. The third-order valence-electron chi connectivity index (χ3n) is 2.50. The number of rotatable bonds is 6. The van der Waals surface area contributed by atoms with E-state index in [0.29, 0.717) is 5.88 Å². The Bertz CT molecular complexity index is 512. The maximum atomic E-state index is 5.67. The summed E-state index contributed by atoms with van der Waals surface area (Å²) in [4.78, 5) is 4.29. The number of nitrogens with one attached hydrogen (secondary N) is 1. The fraction of sp³-hybridized carbons (Fsp3) is 0.267. The average Bonchev–Trinajstić information content (AvgIpc) is 2.47. The summed E-state index contributed by atoms with van der Waals surface area (Å²) in [6.07, 6.45) is 0.999. The first-order valence-corrected chi connectivity index (χ1v) is 6.37. The topological polar surface area (TPSA) is 43.4 Å². The van der Waals surface area contributed by atoms with Gasteiger partial charge in [-0.05, 0) is 36.8 Å². The number of anilines is 1.